The van der Waals surface area contributed by atoms with Crippen LogP contribution in [0.2, 0.25) is 0 Å². The van der Waals surface area contributed by atoms with Crippen molar-refractivity contribution in [1.29, 1.82) is 0 Å². The normalized spacial score (nSPS) is 11.0. The highest BCUT2D eigenvalue weighted by molar-refractivity contribution is 5.89. The van der Waals surface area contributed by atoms with Gasteiger partial charge in [-0.2, -0.15) is 0 Å². The van der Waals surface area contributed by atoms with Crippen molar-refractivity contribution in [2.75, 3.05) is 5.32 Å². The van der Waals surface area contributed by atoms with E-state index in [1.807, 2.05) is 0 Å². The van der Waals surface area contributed by atoms with Gasteiger partial charge in [0, 0.05) is 5.56 Å². The molecule has 0 radical (unpaired) electrons. The molecule has 7 heteroatoms. The summed E-state index contributed by atoms with van der Waals surface area (Å²) >= 11 is 0. The summed E-state index contributed by atoms with van der Waals surface area (Å²) in [5.41, 5.74) is -0.378. The number of nitrogens with one attached hydrogen (secondary N) is 1. The Morgan fingerprint density at radius 3 is 2.38 bits per heavy atom. The number of amides is 1. The molecule has 0 aliphatic heterocycles. The van der Waals surface area contributed by atoms with Crippen molar-refractivity contribution in [3.8, 4) is 5.75 Å². The summed E-state index contributed by atoms with van der Waals surface area (Å²) in [5, 5.41) is 30.3. The predicted molar refractivity (Wildman–Crippen MR) is 75.2 cm³/mol. The molecule has 0 aromatic heterocycles. The van der Waals surface area contributed by atoms with Gasteiger partial charge in [-0.05, 0) is 32.4 Å². The topological polar surface area (TPSA) is 116 Å². The third-order valence-corrected chi connectivity index (χ3v) is 2.50. The average molecular weight is 297 g/mol. The molecule has 1 aromatic rings. The van der Waals surface area contributed by atoms with Gasteiger partial charge in [-0.15, -0.1) is 0 Å². The predicted octanol–water partition coefficient (Wildman–Crippen LogP) is 1.86. The van der Waals surface area contributed by atoms with Crippen molar-refractivity contribution in [2.24, 2.45) is 0 Å². The summed E-state index contributed by atoms with van der Waals surface area (Å²) in [5.74, 6) is -1.34. The second-order valence-corrected chi connectivity index (χ2v) is 5.45. The van der Waals surface area contributed by atoms with Crippen LogP contribution in [0.5, 0.6) is 5.75 Å². The molecule has 0 saturated carbocycles. The van der Waals surface area contributed by atoms with E-state index in [2.05, 4.69) is 5.32 Å². The molecule has 0 saturated heterocycles. The summed E-state index contributed by atoms with van der Waals surface area (Å²) in [6.07, 6.45) is -1.16. The molecular weight excluding hydrogens is 278 g/mol. The van der Waals surface area contributed by atoms with Crippen LogP contribution in [0.25, 0.3) is 0 Å². The maximum absolute atomic E-state index is 11.8. The highest BCUT2D eigenvalue weighted by Gasteiger charge is 2.21. The third-order valence-electron chi connectivity index (χ3n) is 2.50. The van der Waals surface area contributed by atoms with Crippen LogP contribution < -0.4 is 5.32 Å². The molecule has 0 fully saturated rings. The molecule has 7 nitrogen and oxygen atoms in total. The Bertz CT molecular complexity index is 547. The van der Waals surface area contributed by atoms with Crippen LogP contribution in [0, 0.1) is 0 Å². The molecule has 0 aliphatic carbocycles. The number of aromatic hydroxyl groups is 1. The molecule has 21 heavy (non-hydrogen) atoms. The lowest BCUT2D eigenvalue weighted by molar-refractivity contribution is -0.136. The van der Waals surface area contributed by atoms with Crippen LogP contribution >= 0.6 is 0 Å². The van der Waals surface area contributed by atoms with Gasteiger partial charge in [0.05, 0.1) is 18.7 Å². The zero-order chi connectivity index (χ0) is 16.2. The van der Waals surface area contributed by atoms with Crippen molar-refractivity contribution in [3.05, 3.63) is 23.3 Å². The minimum atomic E-state index is -1.10. The minimum Gasteiger partial charge on any atom is -0.508 e. The van der Waals surface area contributed by atoms with E-state index < -0.39 is 24.3 Å². The second kappa shape index (κ2) is 6.45. The molecule has 0 spiro atoms. The maximum atomic E-state index is 11.8. The zero-order valence-electron chi connectivity index (χ0n) is 12.1. The maximum Gasteiger partial charge on any atom is 0.412 e. The highest BCUT2D eigenvalue weighted by Crippen LogP contribution is 2.30. The van der Waals surface area contributed by atoms with E-state index in [4.69, 9.17) is 9.84 Å². The first-order chi connectivity index (χ1) is 9.64. The molecule has 0 heterocycles. The van der Waals surface area contributed by atoms with Gasteiger partial charge in [0.1, 0.15) is 11.4 Å². The van der Waals surface area contributed by atoms with Gasteiger partial charge in [0.15, 0.2) is 0 Å². The lowest BCUT2D eigenvalue weighted by Crippen LogP contribution is -2.28. The Balaban J connectivity index is 3.14. The van der Waals surface area contributed by atoms with Crippen molar-refractivity contribution in [3.63, 3.8) is 0 Å². The fourth-order valence-electron chi connectivity index (χ4n) is 1.72. The number of hydrogen-bond donors (Lipinski definition) is 4. The molecule has 0 bridgehead atoms. The van der Waals surface area contributed by atoms with Crippen LogP contribution in [0.15, 0.2) is 12.1 Å². The number of carboxylic acid groups (broad SMARTS) is 1. The van der Waals surface area contributed by atoms with E-state index >= 15 is 0 Å². The summed E-state index contributed by atoms with van der Waals surface area (Å²) in [6.45, 7) is 4.49. The Morgan fingerprint density at radius 2 is 1.90 bits per heavy atom. The average Bonchev–Trinajstić information content (AvgIpc) is 2.30. The number of hydrogen-bond acceptors (Lipinski definition) is 5. The van der Waals surface area contributed by atoms with Crippen molar-refractivity contribution >= 4 is 17.7 Å². The molecule has 0 atom stereocenters. The van der Waals surface area contributed by atoms with Gasteiger partial charge >= 0.3 is 12.1 Å². The third kappa shape index (κ3) is 4.96. The SMILES string of the molecule is CC(C)(C)OC(=O)Nc1c(CC(=O)O)ccc(O)c1CO. The largest absolute Gasteiger partial charge is 0.508 e. The number of carbonyl (C=O) groups is 2. The Morgan fingerprint density at radius 1 is 1.29 bits per heavy atom. The van der Waals surface area contributed by atoms with Crippen LogP contribution in [0.4, 0.5) is 10.5 Å². The van der Waals surface area contributed by atoms with Gasteiger partial charge in [-0.25, -0.2) is 4.79 Å². The van der Waals surface area contributed by atoms with E-state index in [1.165, 1.54) is 12.1 Å². The number of carbonyl (C=O) groups excluding carboxylic acids is 1. The number of ether oxygens (including phenoxy) is 1. The van der Waals surface area contributed by atoms with Crippen LogP contribution in [0.1, 0.15) is 31.9 Å². The molecule has 4 N–H and O–H groups in total. The standard InChI is InChI=1S/C14H19NO6/c1-14(2,3)21-13(20)15-12-8(6-11(18)19)4-5-10(17)9(12)7-16/h4-5,16-17H,6-7H2,1-3H3,(H,15,20)(H,18,19). The number of carboxylic acids is 1. The van der Waals surface area contributed by atoms with E-state index in [0.717, 1.165) is 0 Å². The summed E-state index contributed by atoms with van der Waals surface area (Å²) in [4.78, 5) is 22.7. The van der Waals surface area contributed by atoms with Crippen LogP contribution in [-0.2, 0) is 22.6 Å². The molecule has 1 amide bonds. The molecule has 1 aromatic carbocycles. The summed E-state index contributed by atoms with van der Waals surface area (Å²) < 4.78 is 5.08. The zero-order valence-corrected chi connectivity index (χ0v) is 12.1. The molecule has 1 rings (SSSR count). The molecule has 0 unspecified atom stereocenters. The van der Waals surface area contributed by atoms with Gasteiger partial charge in [-0.1, -0.05) is 6.07 Å². The smallest absolute Gasteiger partial charge is 0.412 e. The number of aliphatic hydroxyl groups is 1. The Kier molecular flexibility index (Phi) is 5.15. The number of phenols is 1. The number of aliphatic carboxylic acids is 1. The fraction of sp³-hybridized carbons (Fsp3) is 0.429. The van der Waals surface area contributed by atoms with Gasteiger partial charge in [0.2, 0.25) is 0 Å². The van der Waals surface area contributed by atoms with Crippen LogP contribution in [-0.4, -0.2) is 33.0 Å². The van der Waals surface area contributed by atoms with E-state index in [1.54, 1.807) is 20.8 Å². The Hall–Kier alpha value is -2.28. The first-order valence-electron chi connectivity index (χ1n) is 6.30. The summed E-state index contributed by atoms with van der Waals surface area (Å²) in [6, 6.07) is 2.64. The first kappa shape index (κ1) is 16.8. The van der Waals surface area contributed by atoms with E-state index in [9.17, 15) is 19.8 Å². The van der Waals surface area contributed by atoms with Gasteiger partial charge in [0.25, 0.3) is 0 Å². The lowest BCUT2D eigenvalue weighted by atomic mass is 10.0. The highest BCUT2D eigenvalue weighted by atomic mass is 16.6. The van der Waals surface area contributed by atoms with Crippen molar-refractivity contribution in [1.82, 2.24) is 0 Å². The second-order valence-electron chi connectivity index (χ2n) is 5.45. The Labute approximate surface area is 122 Å². The number of benzene rings is 1. The minimum absolute atomic E-state index is 0.0413. The van der Waals surface area contributed by atoms with Gasteiger partial charge in [-0.3, -0.25) is 10.1 Å². The molecular formula is C14H19NO6. The number of aliphatic hydroxyl groups excluding tert-OH is 1. The monoisotopic (exact) mass is 297 g/mol. The first-order valence-corrected chi connectivity index (χ1v) is 6.30. The fourth-order valence-corrected chi connectivity index (χ4v) is 1.72. The van der Waals surface area contributed by atoms with Gasteiger partial charge < -0.3 is 20.1 Å². The van der Waals surface area contributed by atoms with Crippen molar-refractivity contribution in [2.45, 2.75) is 39.4 Å². The summed E-state index contributed by atoms with van der Waals surface area (Å²) in [7, 11) is 0. The van der Waals surface area contributed by atoms with E-state index in [-0.39, 0.29) is 29.0 Å². The lowest BCUT2D eigenvalue weighted by Gasteiger charge is -2.21. The van der Waals surface area contributed by atoms with Crippen molar-refractivity contribution < 1.29 is 29.6 Å². The van der Waals surface area contributed by atoms with E-state index in [0.29, 0.717) is 0 Å². The van der Waals surface area contributed by atoms with Crippen LogP contribution in [0.3, 0.4) is 0 Å². The number of anilines is 1. The molecule has 0 aliphatic rings. The quantitative estimate of drug-likeness (QED) is 0.674. The molecule has 116 valence electrons. The number of rotatable bonds is 4.